The van der Waals surface area contributed by atoms with E-state index in [2.05, 4.69) is 59.8 Å². The van der Waals surface area contributed by atoms with Gasteiger partial charge in [-0.3, -0.25) is 4.79 Å². The Kier molecular flexibility index (Phi) is 5.67. The molecule has 0 atom stereocenters. The maximum Gasteiger partial charge on any atom is 0.256 e. The van der Waals surface area contributed by atoms with Crippen molar-refractivity contribution in [1.29, 1.82) is 0 Å². The van der Waals surface area contributed by atoms with Crippen LogP contribution in [0.5, 0.6) is 0 Å². The van der Waals surface area contributed by atoms with E-state index in [4.69, 9.17) is 0 Å². The molecule has 6 heteroatoms. The number of benzene rings is 2. The van der Waals surface area contributed by atoms with E-state index in [1.165, 1.54) is 0 Å². The molecule has 0 fully saturated rings. The fourth-order valence-corrected chi connectivity index (χ4v) is 3.14. The fourth-order valence-electron chi connectivity index (χ4n) is 1.86. The summed E-state index contributed by atoms with van der Waals surface area (Å²) in [4.78, 5) is 14.5. The van der Waals surface area contributed by atoms with Crippen LogP contribution < -0.4 is 10.2 Å². The number of nitrogens with one attached hydrogen (secondary N) is 1. The third-order valence-corrected chi connectivity index (χ3v) is 4.72. The highest BCUT2D eigenvalue weighted by Gasteiger charge is 2.14. The van der Waals surface area contributed by atoms with Gasteiger partial charge >= 0.3 is 0 Å². The van der Waals surface area contributed by atoms with Crippen LogP contribution in [0.25, 0.3) is 0 Å². The van der Waals surface area contributed by atoms with Crippen molar-refractivity contribution in [3.8, 4) is 0 Å². The number of nitrogens with zero attached hydrogens (tertiary/aromatic N) is 1. The molecule has 0 aromatic heterocycles. The molecule has 110 valence electrons. The van der Waals surface area contributed by atoms with Gasteiger partial charge in [0.1, 0.15) is 0 Å². The zero-order valence-corrected chi connectivity index (χ0v) is 16.8. The lowest BCUT2D eigenvalue weighted by Crippen LogP contribution is -2.17. The Labute approximate surface area is 154 Å². The van der Waals surface area contributed by atoms with Gasteiger partial charge in [0.25, 0.3) is 5.91 Å². The van der Waals surface area contributed by atoms with Crippen molar-refractivity contribution in [2.24, 2.45) is 0 Å². The van der Waals surface area contributed by atoms with Gasteiger partial charge in [0.15, 0.2) is 0 Å². The van der Waals surface area contributed by atoms with Crippen LogP contribution in [0.1, 0.15) is 10.4 Å². The lowest BCUT2D eigenvalue weighted by atomic mass is 10.2. The molecule has 0 aliphatic rings. The summed E-state index contributed by atoms with van der Waals surface area (Å²) in [6.07, 6.45) is 0. The Bertz CT molecular complexity index is 689. The first-order chi connectivity index (χ1) is 9.88. The van der Waals surface area contributed by atoms with Gasteiger partial charge < -0.3 is 10.2 Å². The molecule has 0 heterocycles. The minimum atomic E-state index is -0.137. The molecule has 0 saturated carbocycles. The first-order valence-electron chi connectivity index (χ1n) is 6.12. The number of amides is 1. The molecule has 2 aromatic rings. The molecule has 1 amide bonds. The van der Waals surface area contributed by atoms with Crippen LogP contribution in [0, 0.1) is 3.57 Å². The van der Waals surface area contributed by atoms with Gasteiger partial charge in [-0.15, -0.1) is 0 Å². The van der Waals surface area contributed by atoms with Gasteiger partial charge in [-0.25, -0.2) is 0 Å². The summed E-state index contributed by atoms with van der Waals surface area (Å²) in [5.74, 6) is -0.137. The summed E-state index contributed by atoms with van der Waals surface area (Å²) in [7, 11) is 3.89. The monoisotopic (exact) mass is 522 g/mol. The van der Waals surface area contributed by atoms with E-state index in [-0.39, 0.29) is 5.91 Å². The van der Waals surface area contributed by atoms with Crippen molar-refractivity contribution < 1.29 is 4.79 Å². The van der Waals surface area contributed by atoms with Crippen LogP contribution in [-0.2, 0) is 0 Å². The number of hydrogen-bond acceptors (Lipinski definition) is 2. The summed E-state index contributed by atoms with van der Waals surface area (Å²) >= 11 is 9.05. The first kappa shape index (κ1) is 16.8. The molecule has 0 radical (unpaired) electrons. The molecule has 2 aromatic carbocycles. The number of halogens is 3. The quantitative estimate of drug-likeness (QED) is 0.565. The zero-order chi connectivity index (χ0) is 15.6. The molecule has 0 aliphatic carbocycles. The molecule has 0 spiro atoms. The van der Waals surface area contributed by atoms with Gasteiger partial charge in [0.2, 0.25) is 0 Å². The molecule has 2 rings (SSSR count). The third kappa shape index (κ3) is 4.20. The molecule has 0 bridgehead atoms. The molecule has 0 saturated heterocycles. The van der Waals surface area contributed by atoms with Gasteiger partial charge in [0, 0.05) is 26.6 Å². The number of rotatable bonds is 3. The summed E-state index contributed by atoms with van der Waals surface area (Å²) in [5.41, 5.74) is 2.34. The van der Waals surface area contributed by atoms with E-state index >= 15 is 0 Å². The second-order valence-electron chi connectivity index (χ2n) is 4.63. The van der Waals surface area contributed by atoms with Crippen LogP contribution in [0.3, 0.4) is 0 Å². The van der Waals surface area contributed by atoms with Gasteiger partial charge in [-0.05, 0) is 74.9 Å². The average molecular weight is 524 g/mol. The third-order valence-electron chi connectivity index (χ3n) is 2.86. The van der Waals surface area contributed by atoms with Crippen molar-refractivity contribution in [3.05, 3.63) is 54.5 Å². The predicted molar refractivity (Wildman–Crippen MR) is 103 cm³/mol. The van der Waals surface area contributed by atoms with Crippen LogP contribution >= 0.6 is 54.5 Å². The number of hydrogen-bond donors (Lipinski definition) is 1. The Morgan fingerprint density at radius 2 is 1.86 bits per heavy atom. The second kappa shape index (κ2) is 7.11. The average Bonchev–Trinajstić information content (AvgIpc) is 2.41. The summed E-state index contributed by atoms with van der Waals surface area (Å²) in [6.45, 7) is 0. The topological polar surface area (TPSA) is 32.3 Å². The maximum atomic E-state index is 12.5. The van der Waals surface area contributed by atoms with E-state index in [0.29, 0.717) is 5.56 Å². The Balaban J connectivity index is 2.35. The first-order valence-corrected chi connectivity index (χ1v) is 8.78. The normalized spacial score (nSPS) is 10.3. The number of anilines is 2. The van der Waals surface area contributed by atoms with E-state index in [1.54, 1.807) is 0 Å². The van der Waals surface area contributed by atoms with E-state index in [9.17, 15) is 4.79 Å². The van der Waals surface area contributed by atoms with Crippen LogP contribution in [-0.4, -0.2) is 20.0 Å². The van der Waals surface area contributed by atoms with E-state index in [0.717, 1.165) is 23.9 Å². The van der Waals surface area contributed by atoms with Crippen LogP contribution in [0.15, 0.2) is 45.3 Å². The van der Waals surface area contributed by atoms with Crippen molar-refractivity contribution >= 4 is 71.7 Å². The van der Waals surface area contributed by atoms with Gasteiger partial charge in [-0.2, -0.15) is 0 Å². The van der Waals surface area contributed by atoms with E-state index < -0.39 is 0 Å². The standard InChI is InChI=1S/C15H13Br2IN2O/c1-20(2)14-6-3-9(16)7-13(14)19-15(21)11-8-10(18)4-5-12(11)17/h3-8H,1-2H3,(H,19,21). The summed E-state index contributed by atoms with van der Waals surface area (Å²) < 4.78 is 2.72. The Morgan fingerprint density at radius 1 is 1.14 bits per heavy atom. The largest absolute Gasteiger partial charge is 0.376 e. The van der Waals surface area contributed by atoms with Crippen molar-refractivity contribution in [1.82, 2.24) is 0 Å². The number of carbonyl (C=O) groups is 1. The number of carbonyl (C=O) groups excluding carboxylic acids is 1. The van der Waals surface area contributed by atoms with Crippen molar-refractivity contribution in [3.63, 3.8) is 0 Å². The molecule has 0 unspecified atom stereocenters. The van der Waals surface area contributed by atoms with Crippen LogP contribution in [0.2, 0.25) is 0 Å². The Hall–Kier alpha value is -0.600. The molecule has 1 N–H and O–H groups in total. The maximum absolute atomic E-state index is 12.5. The van der Waals surface area contributed by atoms with E-state index in [1.807, 2.05) is 55.4 Å². The highest BCUT2D eigenvalue weighted by Crippen LogP contribution is 2.29. The van der Waals surface area contributed by atoms with Crippen molar-refractivity contribution in [2.75, 3.05) is 24.3 Å². The highest BCUT2D eigenvalue weighted by molar-refractivity contribution is 14.1. The molecular formula is C15H13Br2IN2O. The SMILES string of the molecule is CN(C)c1ccc(Br)cc1NC(=O)c1cc(I)ccc1Br. The lowest BCUT2D eigenvalue weighted by molar-refractivity contribution is 0.102. The summed E-state index contributed by atoms with van der Waals surface area (Å²) in [5, 5.41) is 2.97. The second-order valence-corrected chi connectivity index (χ2v) is 7.65. The minimum absolute atomic E-state index is 0.137. The summed E-state index contributed by atoms with van der Waals surface area (Å²) in [6, 6.07) is 11.5. The predicted octanol–water partition coefficient (Wildman–Crippen LogP) is 5.13. The Morgan fingerprint density at radius 3 is 2.52 bits per heavy atom. The molecule has 0 aliphatic heterocycles. The van der Waals surface area contributed by atoms with Crippen molar-refractivity contribution in [2.45, 2.75) is 0 Å². The smallest absolute Gasteiger partial charge is 0.256 e. The van der Waals surface area contributed by atoms with Gasteiger partial charge in [0.05, 0.1) is 16.9 Å². The highest BCUT2D eigenvalue weighted by atomic mass is 127. The molecule has 21 heavy (non-hydrogen) atoms. The molecular weight excluding hydrogens is 511 g/mol. The molecule has 3 nitrogen and oxygen atoms in total. The minimum Gasteiger partial charge on any atom is -0.376 e. The van der Waals surface area contributed by atoms with Gasteiger partial charge in [-0.1, -0.05) is 15.9 Å². The zero-order valence-electron chi connectivity index (χ0n) is 11.5. The lowest BCUT2D eigenvalue weighted by Gasteiger charge is -2.18. The van der Waals surface area contributed by atoms with Crippen LogP contribution in [0.4, 0.5) is 11.4 Å². The fraction of sp³-hybridized carbons (Fsp3) is 0.133.